The van der Waals surface area contributed by atoms with Gasteiger partial charge in [0.15, 0.2) is 0 Å². The first-order valence-corrected chi connectivity index (χ1v) is 4.98. The zero-order chi connectivity index (χ0) is 10.8. The van der Waals surface area contributed by atoms with Crippen molar-refractivity contribution in [2.75, 3.05) is 13.2 Å². The van der Waals surface area contributed by atoms with Crippen LogP contribution in [-0.2, 0) is 19.1 Å². The quantitative estimate of drug-likeness (QED) is 0.340. The molecule has 0 heterocycles. The normalized spacial score (nSPS) is 11.9. The molecular formula is C10H18O4. The molecule has 0 fully saturated rings. The molecule has 0 bridgehead atoms. The van der Waals surface area contributed by atoms with Crippen molar-refractivity contribution in [2.45, 2.75) is 33.1 Å². The summed E-state index contributed by atoms with van der Waals surface area (Å²) < 4.78 is 9.53. The lowest BCUT2D eigenvalue weighted by Crippen LogP contribution is -2.22. The lowest BCUT2D eigenvalue weighted by atomic mass is 10.1. The minimum atomic E-state index is -0.322. The highest BCUT2D eigenvalue weighted by atomic mass is 16.5. The van der Waals surface area contributed by atoms with E-state index in [1.54, 1.807) is 0 Å². The summed E-state index contributed by atoms with van der Waals surface area (Å²) >= 11 is 0. The molecule has 0 N–H and O–H groups in total. The third kappa shape index (κ3) is 5.56. The highest BCUT2D eigenvalue weighted by Crippen LogP contribution is 2.06. The second-order valence-electron chi connectivity index (χ2n) is 3.06. The van der Waals surface area contributed by atoms with Crippen molar-refractivity contribution in [1.29, 1.82) is 0 Å². The molecule has 0 saturated heterocycles. The first-order valence-electron chi connectivity index (χ1n) is 4.98. The maximum absolute atomic E-state index is 11.3. The third-order valence-electron chi connectivity index (χ3n) is 1.93. The Morgan fingerprint density at radius 3 is 2.64 bits per heavy atom. The largest absolute Gasteiger partial charge is 0.467 e. The van der Waals surface area contributed by atoms with Crippen molar-refractivity contribution >= 4 is 12.4 Å². The fourth-order valence-corrected chi connectivity index (χ4v) is 0.943. The molecule has 0 aromatic carbocycles. The summed E-state index contributed by atoms with van der Waals surface area (Å²) in [6, 6.07) is 0. The Kier molecular flexibility index (Phi) is 7.89. The topological polar surface area (TPSA) is 52.6 Å². The number of carbonyl (C=O) groups excluding carboxylic acids is 2. The minimum absolute atomic E-state index is 0.116. The van der Waals surface area contributed by atoms with Crippen molar-refractivity contribution in [3.05, 3.63) is 0 Å². The van der Waals surface area contributed by atoms with Gasteiger partial charge in [0.05, 0.1) is 12.5 Å². The number of hydrogen-bond acceptors (Lipinski definition) is 4. The van der Waals surface area contributed by atoms with E-state index in [-0.39, 0.29) is 18.5 Å². The van der Waals surface area contributed by atoms with E-state index in [1.807, 2.05) is 13.8 Å². The van der Waals surface area contributed by atoms with Gasteiger partial charge in [-0.1, -0.05) is 20.3 Å². The van der Waals surface area contributed by atoms with Crippen molar-refractivity contribution in [3.63, 3.8) is 0 Å². The number of ether oxygens (including phenoxy) is 2. The number of rotatable bonds is 8. The van der Waals surface area contributed by atoms with E-state index < -0.39 is 0 Å². The minimum Gasteiger partial charge on any atom is -0.467 e. The van der Waals surface area contributed by atoms with E-state index in [1.165, 1.54) is 0 Å². The zero-order valence-electron chi connectivity index (χ0n) is 8.82. The van der Waals surface area contributed by atoms with Gasteiger partial charge in [0.1, 0.15) is 6.61 Å². The molecule has 0 aromatic rings. The van der Waals surface area contributed by atoms with Crippen LogP contribution in [0.2, 0.25) is 0 Å². The lowest BCUT2D eigenvalue weighted by Gasteiger charge is -2.12. The number of unbranched alkanes of at least 4 members (excludes halogenated alkanes) is 1. The maximum Gasteiger partial charge on any atom is 0.312 e. The fraction of sp³-hybridized carbons (Fsp3) is 0.800. The highest BCUT2D eigenvalue weighted by molar-refractivity contribution is 5.72. The maximum atomic E-state index is 11.3. The number of esters is 1. The van der Waals surface area contributed by atoms with Crippen molar-refractivity contribution < 1.29 is 19.1 Å². The van der Waals surface area contributed by atoms with Crippen molar-refractivity contribution in [1.82, 2.24) is 0 Å². The monoisotopic (exact) mass is 202 g/mol. The molecule has 0 rings (SSSR count). The Morgan fingerprint density at radius 1 is 1.43 bits per heavy atom. The summed E-state index contributed by atoms with van der Waals surface area (Å²) in [6.07, 6.45) is 2.49. The van der Waals surface area contributed by atoms with Crippen LogP contribution in [0.5, 0.6) is 0 Å². The predicted octanol–water partition coefficient (Wildman–Crippen LogP) is 1.53. The van der Waals surface area contributed by atoms with E-state index in [0.29, 0.717) is 19.5 Å². The molecule has 0 saturated carbocycles. The molecule has 1 unspecified atom stereocenters. The van der Waals surface area contributed by atoms with Gasteiger partial charge in [0.25, 0.3) is 6.47 Å². The molecule has 0 aliphatic rings. The van der Waals surface area contributed by atoms with Crippen LogP contribution in [0.1, 0.15) is 33.1 Å². The van der Waals surface area contributed by atoms with E-state index in [4.69, 9.17) is 4.74 Å². The van der Waals surface area contributed by atoms with Gasteiger partial charge < -0.3 is 9.47 Å². The molecule has 0 aromatic heterocycles. The van der Waals surface area contributed by atoms with Crippen LogP contribution < -0.4 is 0 Å². The van der Waals surface area contributed by atoms with Crippen LogP contribution in [0.3, 0.4) is 0 Å². The van der Waals surface area contributed by atoms with Gasteiger partial charge in [-0.15, -0.1) is 0 Å². The summed E-state index contributed by atoms with van der Waals surface area (Å²) in [5, 5.41) is 0. The van der Waals surface area contributed by atoms with Gasteiger partial charge in [-0.05, 0) is 12.8 Å². The Balaban J connectivity index is 3.73. The number of carbonyl (C=O) groups is 2. The summed E-state index contributed by atoms with van der Waals surface area (Å²) in [4.78, 5) is 21.3. The first kappa shape index (κ1) is 12.9. The van der Waals surface area contributed by atoms with Crippen LogP contribution in [-0.4, -0.2) is 25.7 Å². The fourth-order valence-electron chi connectivity index (χ4n) is 0.943. The van der Waals surface area contributed by atoms with Crippen LogP contribution in [0.15, 0.2) is 0 Å². The van der Waals surface area contributed by atoms with Gasteiger partial charge in [-0.25, -0.2) is 0 Å². The van der Waals surface area contributed by atoms with Gasteiger partial charge in [0.2, 0.25) is 0 Å². The molecule has 0 amide bonds. The summed E-state index contributed by atoms with van der Waals surface area (Å²) in [7, 11) is 0. The summed E-state index contributed by atoms with van der Waals surface area (Å²) in [6.45, 7) is 4.81. The molecule has 82 valence electrons. The Bertz CT molecular complexity index is 168. The number of hydrogen-bond donors (Lipinski definition) is 0. The average Bonchev–Trinajstić information content (AvgIpc) is 2.19. The van der Waals surface area contributed by atoms with E-state index in [9.17, 15) is 9.59 Å². The Hall–Kier alpha value is -1.06. The Morgan fingerprint density at radius 2 is 2.14 bits per heavy atom. The second kappa shape index (κ2) is 8.53. The third-order valence-corrected chi connectivity index (χ3v) is 1.93. The van der Waals surface area contributed by atoms with Crippen molar-refractivity contribution in [3.8, 4) is 0 Å². The van der Waals surface area contributed by atoms with Crippen LogP contribution in [0.25, 0.3) is 0 Å². The second-order valence-corrected chi connectivity index (χ2v) is 3.06. The summed E-state index contributed by atoms with van der Waals surface area (Å²) in [5.41, 5.74) is 0. The average molecular weight is 202 g/mol. The van der Waals surface area contributed by atoms with E-state index >= 15 is 0 Å². The van der Waals surface area contributed by atoms with Crippen LogP contribution >= 0.6 is 0 Å². The van der Waals surface area contributed by atoms with Crippen molar-refractivity contribution in [2.24, 2.45) is 5.92 Å². The van der Waals surface area contributed by atoms with E-state index in [0.717, 1.165) is 12.8 Å². The first-order chi connectivity index (χ1) is 6.76. The summed E-state index contributed by atoms with van der Waals surface area (Å²) in [5.74, 6) is -0.597. The van der Waals surface area contributed by atoms with Gasteiger partial charge >= 0.3 is 5.97 Å². The highest BCUT2D eigenvalue weighted by Gasteiger charge is 2.18. The van der Waals surface area contributed by atoms with Gasteiger partial charge in [0, 0.05) is 0 Å². The molecule has 0 aliphatic carbocycles. The molecule has 14 heavy (non-hydrogen) atoms. The van der Waals surface area contributed by atoms with Crippen LogP contribution in [0, 0.1) is 5.92 Å². The molecule has 4 nitrogen and oxygen atoms in total. The molecule has 0 aliphatic heterocycles. The molecule has 4 heteroatoms. The van der Waals surface area contributed by atoms with Gasteiger partial charge in [-0.2, -0.15) is 0 Å². The molecule has 1 atom stereocenters. The zero-order valence-corrected chi connectivity index (χ0v) is 8.82. The predicted molar refractivity (Wildman–Crippen MR) is 51.7 cm³/mol. The molecular weight excluding hydrogens is 184 g/mol. The Labute approximate surface area is 84.6 Å². The van der Waals surface area contributed by atoms with E-state index in [2.05, 4.69) is 4.74 Å². The molecule has 0 spiro atoms. The smallest absolute Gasteiger partial charge is 0.312 e. The SMILES string of the molecule is CCCCOC(=O)C(CC)COC=O. The molecule has 0 radical (unpaired) electrons. The standard InChI is InChI=1S/C10H18O4/c1-3-5-6-14-10(12)9(4-2)7-13-8-11/h8-9H,3-7H2,1-2H3. The lowest BCUT2D eigenvalue weighted by molar-refractivity contribution is -0.151. The van der Waals surface area contributed by atoms with Crippen LogP contribution in [0.4, 0.5) is 0 Å². The van der Waals surface area contributed by atoms with Gasteiger partial charge in [-0.3, -0.25) is 9.59 Å².